The Morgan fingerprint density at radius 3 is 2.43 bits per heavy atom. The van der Waals surface area contributed by atoms with Crippen LogP contribution in [-0.2, 0) is 10.0 Å². The highest BCUT2D eigenvalue weighted by Crippen LogP contribution is 2.25. The maximum absolute atomic E-state index is 13.2. The van der Waals surface area contributed by atoms with Crippen LogP contribution in [0.2, 0.25) is 5.02 Å². The first-order valence-electron chi connectivity index (χ1n) is 6.67. The fourth-order valence-corrected chi connectivity index (χ4v) is 3.58. The second kappa shape index (κ2) is 6.58. The number of nitrogens with zero attached hydrogens (tertiary/aromatic N) is 2. The van der Waals surface area contributed by atoms with Gasteiger partial charge >= 0.3 is 0 Å². The van der Waals surface area contributed by atoms with Crippen molar-refractivity contribution in [2.24, 2.45) is 5.73 Å². The first-order chi connectivity index (χ1) is 9.82. The largest absolute Gasteiger partial charge is 0.329 e. The quantitative estimate of drug-likeness (QED) is 0.893. The number of nitrogens with two attached hydrogens (primary N) is 1. The zero-order chi connectivity index (χ0) is 15.6. The maximum Gasteiger partial charge on any atom is 0.211 e. The molecule has 1 fully saturated rings. The molecule has 2 rings (SSSR count). The molecule has 1 aliphatic rings. The van der Waals surface area contributed by atoms with Gasteiger partial charge in [-0.15, -0.1) is 0 Å². The smallest absolute Gasteiger partial charge is 0.211 e. The minimum atomic E-state index is -3.15. The summed E-state index contributed by atoms with van der Waals surface area (Å²) in [5.74, 6) is -0.460. The molecule has 0 spiro atoms. The highest BCUT2D eigenvalue weighted by molar-refractivity contribution is 7.88. The van der Waals surface area contributed by atoms with E-state index in [0.29, 0.717) is 32.7 Å². The fourth-order valence-electron chi connectivity index (χ4n) is 2.56. The summed E-state index contributed by atoms with van der Waals surface area (Å²) in [5, 5.41) is 0.0701. The molecule has 0 amide bonds. The molecular formula is C13H19ClFN3O2S. The Labute approximate surface area is 129 Å². The molecule has 1 unspecified atom stereocenters. The van der Waals surface area contributed by atoms with E-state index in [0.717, 1.165) is 5.56 Å². The Kier molecular flexibility index (Phi) is 5.21. The summed E-state index contributed by atoms with van der Waals surface area (Å²) in [6.07, 6.45) is 1.21. The first-order valence-corrected chi connectivity index (χ1v) is 8.89. The van der Waals surface area contributed by atoms with Gasteiger partial charge in [0.25, 0.3) is 0 Å². The highest BCUT2D eigenvalue weighted by atomic mass is 35.5. The van der Waals surface area contributed by atoms with Crippen LogP contribution in [0.1, 0.15) is 11.6 Å². The molecule has 1 atom stereocenters. The van der Waals surface area contributed by atoms with E-state index in [-0.39, 0.29) is 11.1 Å². The number of halogens is 2. The van der Waals surface area contributed by atoms with E-state index >= 15 is 0 Å². The monoisotopic (exact) mass is 335 g/mol. The van der Waals surface area contributed by atoms with E-state index < -0.39 is 15.8 Å². The van der Waals surface area contributed by atoms with E-state index in [9.17, 15) is 12.8 Å². The van der Waals surface area contributed by atoms with E-state index in [1.165, 1.54) is 16.6 Å². The van der Waals surface area contributed by atoms with Crippen molar-refractivity contribution in [3.05, 3.63) is 34.6 Å². The second-order valence-corrected chi connectivity index (χ2v) is 7.51. The van der Waals surface area contributed by atoms with Gasteiger partial charge in [-0.1, -0.05) is 17.7 Å². The number of hydrogen-bond acceptors (Lipinski definition) is 4. The lowest BCUT2D eigenvalue weighted by Crippen LogP contribution is -2.50. The molecule has 8 heteroatoms. The normalized spacial score (nSPS) is 19.6. The van der Waals surface area contributed by atoms with Crippen molar-refractivity contribution in [3.8, 4) is 0 Å². The Bertz CT molecular complexity index is 603. The van der Waals surface area contributed by atoms with Crippen molar-refractivity contribution in [2.45, 2.75) is 6.04 Å². The van der Waals surface area contributed by atoms with Gasteiger partial charge in [0.05, 0.1) is 11.3 Å². The topological polar surface area (TPSA) is 66.6 Å². The third-order valence-electron chi connectivity index (χ3n) is 3.73. The third kappa shape index (κ3) is 3.92. The van der Waals surface area contributed by atoms with Crippen LogP contribution >= 0.6 is 11.6 Å². The molecular weight excluding hydrogens is 317 g/mol. The van der Waals surface area contributed by atoms with Crippen molar-refractivity contribution in [1.29, 1.82) is 0 Å². The second-order valence-electron chi connectivity index (χ2n) is 5.12. The van der Waals surface area contributed by atoms with Gasteiger partial charge in [0.1, 0.15) is 5.82 Å². The molecule has 0 bridgehead atoms. The lowest BCUT2D eigenvalue weighted by molar-refractivity contribution is 0.140. The summed E-state index contributed by atoms with van der Waals surface area (Å²) in [5.41, 5.74) is 6.68. The highest BCUT2D eigenvalue weighted by Gasteiger charge is 2.28. The molecule has 0 saturated carbocycles. The Balaban J connectivity index is 2.11. The SMILES string of the molecule is CS(=O)(=O)N1CCN(C(CN)c2ccc(F)c(Cl)c2)CC1. The molecule has 1 saturated heterocycles. The van der Waals surface area contributed by atoms with Gasteiger partial charge in [0.15, 0.2) is 0 Å². The van der Waals surface area contributed by atoms with Crippen LogP contribution in [0.15, 0.2) is 18.2 Å². The molecule has 118 valence electrons. The van der Waals surface area contributed by atoms with Crippen molar-refractivity contribution in [3.63, 3.8) is 0 Å². The van der Waals surface area contributed by atoms with Crippen LogP contribution in [-0.4, -0.2) is 56.6 Å². The van der Waals surface area contributed by atoms with Crippen molar-refractivity contribution < 1.29 is 12.8 Å². The van der Waals surface area contributed by atoms with Gasteiger partial charge < -0.3 is 5.73 Å². The zero-order valence-corrected chi connectivity index (χ0v) is 13.4. The lowest BCUT2D eigenvalue weighted by atomic mass is 10.0. The number of rotatable bonds is 4. The summed E-state index contributed by atoms with van der Waals surface area (Å²) in [7, 11) is -3.15. The van der Waals surface area contributed by atoms with Crippen LogP contribution in [0.4, 0.5) is 4.39 Å². The average Bonchev–Trinajstić information content (AvgIpc) is 2.43. The summed E-state index contributed by atoms with van der Waals surface area (Å²) in [6.45, 7) is 2.41. The standard InChI is InChI=1S/C13H19ClFN3O2S/c1-21(19,20)18-6-4-17(5-7-18)13(9-16)10-2-3-12(15)11(14)8-10/h2-3,8,13H,4-7,9,16H2,1H3. The van der Waals surface area contributed by atoms with Gasteiger partial charge in [0.2, 0.25) is 10.0 Å². The average molecular weight is 336 g/mol. The maximum atomic E-state index is 13.2. The number of sulfonamides is 1. The van der Waals surface area contributed by atoms with Crippen molar-refractivity contribution in [1.82, 2.24) is 9.21 Å². The molecule has 1 aromatic carbocycles. The number of benzene rings is 1. The van der Waals surface area contributed by atoms with Gasteiger partial charge in [0, 0.05) is 38.8 Å². The molecule has 1 heterocycles. The van der Waals surface area contributed by atoms with Gasteiger partial charge in [-0.05, 0) is 17.7 Å². The number of hydrogen-bond donors (Lipinski definition) is 1. The van der Waals surface area contributed by atoms with Crippen molar-refractivity contribution >= 4 is 21.6 Å². The van der Waals surface area contributed by atoms with E-state index in [2.05, 4.69) is 4.90 Å². The number of piperazine rings is 1. The Hall–Kier alpha value is -0.730. The lowest BCUT2D eigenvalue weighted by Gasteiger charge is -2.38. The summed E-state index contributed by atoms with van der Waals surface area (Å²) < 4.78 is 37.7. The Morgan fingerprint density at radius 2 is 1.95 bits per heavy atom. The molecule has 5 nitrogen and oxygen atoms in total. The summed E-state index contributed by atoms with van der Waals surface area (Å²) in [6, 6.07) is 4.48. The molecule has 2 N–H and O–H groups in total. The van der Waals surface area contributed by atoms with Crippen LogP contribution < -0.4 is 5.73 Å². The molecule has 21 heavy (non-hydrogen) atoms. The molecule has 1 aromatic rings. The van der Waals surface area contributed by atoms with E-state index in [1.807, 2.05) is 0 Å². The fraction of sp³-hybridized carbons (Fsp3) is 0.538. The molecule has 0 aromatic heterocycles. The predicted molar refractivity (Wildman–Crippen MR) is 81.2 cm³/mol. The van der Waals surface area contributed by atoms with Crippen LogP contribution in [0, 0.1) is 5.82 Å². The third-order valence-corrected chi connectivity index (χ3v) is 5.33. The molecule has 0 radical (unpaired) electrons. The molecule has 0 aliphatic carbocycles. The van der Waals surface area contributed by atoms with E-state index in [1.54, 1.807) is 12.1 Å². The minimum absolute atomic E-state index is 0.0701. The minimum Gasteiger partial charge on any atom is -0.329 e. The summed E-state index contributed by atoms with van der Waals surface area (Å²) >= 11 is 5.81. The van der Waals surface area contributed by atoms with Crippen LogP contribution in [0.5, 0.6) is 0 Å². The van der Waals surface area contributed by atoms with Crippen molar-refractivity contribution in [2.75, 3.05) is 39.0 Å². The van der Waals surface area contributed by atoms with Gasteiger partial charge in [-0.2, -0.15) is 4.31 Å². The van der Waals surface area contributed by atoms with Gasteiger partial charge in [-0.25, -0.2) is 12.8 Å². The first kappa shape index (κ1) is 16.6. The zero-order valence-electron chi connectivity index (χ0n) is 11.8. The van der Waals surface area contributed by atoms with Gasteiger partial charge in [-0.3, -0.25) is 4.90 Å². The predicted octanol–water partition coefficient (Wildman–Crippen LogP) is 1.06. The van der Waals surface area contributed by atoms with Crippen LogP contribution in [0.3, 0.4) is 0 Å². The Morgan fingerprint density at radius 1 is 1.33 bits per heavy atom. The van der Waals surface area contributed by atoms with E-state index in [4.69, 9.17) is 17.3 Å². The molecule has 1 aliphatic heterocycles. The summed E-state index contributed by atoms with van der Waals surface area (Å²) in [4.78, 5) is 2.10. The van der Waals surface area contributed by atoms with Crippen LogP contribution in [0.25, 0.3) is 0 Å².